The van der Waals surface area contributed by atoms with Gasteiger partial charge in [-0.25, -0.2) is 0 Å². The number of benzene rings is 1. The Bertz CT molecular complexity index is 469. The first-order valence-corrected chi connectivity index (χ1v) is 7.19. The van der Waals surface area contributed by atoms with E-state index in [0.717, 1.165) is 5.56 Å². The molecule has 0 bridgehead atoms. The summed E-state index contributed by atoms with van der Waals surface area (Å²) in [6, 6.07) is 8.01. The third kappa shape index (κ3) is 7.46. The molecule has 0 radical (unpaired) electrons. The van der Waals surface area contributed by atoms with Gasteiger partial charge < -0.3 is 11.1 Å². The quantitative estimate of drug-likeness (QED) is 0.752. The molecular formula is C16H25N3O2. The lowest BCUT2D eigenvalue weighted by atomic mass is 10.1. The van der Waals surface area contributed by atoms with Crippen molar-refractivity contribution in [2.45, 2.75) is 27.3 Å². The van der Waals surface area contributed by atoms with Gasteiger partial charge in [-0.2, -0.15) is 0 Å². The first-order valence-electron chi connectivity index (χ1n) is 7.19. The number of carbonyl (C=O) groups excluding carboxylic acids is 2. The van der Waals surface area contributed by atoms with Gasteiger partial charge >= 0.3 is 0 Å². The lowest BCUT2D eigenvalue weighted by molar-refractivity contribution is -0.124. The fourth-order valence-electron chi connectivity index (χ4n) is 2.09. The van der Waals surface area contributed by atoms with Crippen LogP contribution in [0.25, 0.3) is 0 Å². The summed E-state index contributed by atoms with van der Waals surface area (Å²) in [6.45, 7) is 7.56. The van der Waals surface area contributed by atoms with Gasteiger partial charge in [-0.1, -0.05) is 43.7 Å². The van der Waals surface area contributed by atoms with Crippen LogP contribution in [0, 0.1) is 12.8 Å². The zero-order valence-electron chi connectivity index (χ0n) is 13.1. The molecule has 0 saturated heterocycles. The van der Waals surface area contributed by atoms with Gasteiger partial charge in [-0.05, 0) is 18.4 Å². The van der Waals surface area contributed by atoms with E-state index in [0.29, 0.717) is 19.0 Å². The monoisotopic (exact) mass is 291 g/mol. The Morgan fingerprint density at radius 3 is 2.33 bits per heavy atom. The van der Waals surface area contributed by atoms with Gasteiger partial charge in [0.1, 0.15) is 0 Å². The van der Waals surface area contributed by atoms with Gasteiger partial charge in [0.05, 0.1) is 13.1 Å². The summed E-state index contributed by atoms with van der Waals surface area (Å²) >= 11 is 0. The lowest BCUT2D eigenvalue weighted by Gasteiger charge is -2.22. The fourth-order valence-corrected chi connectivity index (χ4v) is 2.09. The van der Waals surface area contributed by atoms with Gasteiger partial charge in [-0.15, -0.1) is 0 Å². The number of rotatable bonds is 8. The number of hydrogen-bond donors (Lipinski definition) is 2. The minimum Gasteiger partial charge on any atom is -0.369 e. The highest BCUT2D eigenvalue weighted by Gasteiger charge is 2.14. The maximum absolute atomic E-state index is 12.0. The van der Waals surface area contributed by atoms with E-state index >= 15 is 0 Å². The zero-order chi connectivity index (χ0) is 15.8. The summed E-state index contributed by atoms with van der Waals surface area (Å²) in [5.41, 5.74) is 7.46. The molecule has 0 aliphatic rings. The number of primary amides is 1. The second-order valence-electron chi connectivity index (χ2n) is 5.79. The lowest BCUT2D eigenvalue weighted by Crippen LogP contribution is -2.42. The van der Waals surface area contributed by atoms with Crippen molar-refractivity contribution in [2.24, 2.45) is 11.7 Å². The summed E-state index contributed by atoms with van der Waals surface area (Å²) in [6.07, 6.45) is 0. The normalized spacial score (nSPS) is 10.9. The highest BCUT2D eigenvalue weighted by atomic mass is 16.2. The van der Waals surface area contributed by atoms with Crippen molar-refractivity contribution in [2.75, 3.05) is 19.6 Å². The molecule has 0 aliphatic heterocycles. The van der Waals surface area contributed by atoms with Gasteiger partial charge in [0.15, 0.2) is 0 Å². The average molecular weight is 291 g/mol. The first-order chi connectivity index (χ1) is 9.86. The zero-order valence-corrected chi connectivity index (χ0v) is 13.1. The van der Waals surface area contributed by atoms with Gasteiger partial charge in [0.2, 0.25) is 11.8 Å². The molecule has 0 atom stereocenters. The second-order valence-corrected chi connectivity index (χ2v) is 5.79. The minimum atomic E-state index is -0.415. The van der Waals surface area contributed by atoms with Crippen molar-refractivity contribution in [1.82, 2.24) is 10.2 Å². The Kier molecular flexibility index (Phi) is 6.88. The first kappa shape index (κ1) is 17.2. The molecule has 0 fully saturated rings. The molecule has 0 aromatic heterocycles. The van der Waals surface area contributed by atoms with E-state index in [4.69, 9.17) is 5.73 Å². The number of nitrogens with two attached hydrogens (primary N) is 1. The van der Waals surface area contributed by atoms with Crippen molar-refractivity contribution < 1.29 is 9.59 Å². The number of hydrogen-bond acceptors (Lipinski definition) is 3. The van der Waals surface area contributed by atoms with Crippen LogP contribution in [0.1, 0.15) is 25.0 Å². The van der Waals surface area contributed by atoms with Crippen LogP contribution in [0.3, 0.4) is 0 Å². The summed E-state index contributed by atoms with van der Waals surface area (Å²) in [7, 11) is 0. The van der Waals surface area contributed by atoms with Gasteiger partial charge in [-0.3, -0.25) is 14.5 Å². The standard InChI is InChI=1S/C16H25N3O2/c1-12(2)9-19(10-15(17)20)11-16(21)18-8-14-6-4-13(3)5-7-14/h4-7,12H,8-11H2,1-3H3,(H2,17,20)(H,18,21). The molecule has 0 spiro atoms. The number of amides is 2. The molecule has 116 valence electrons. The smallest absolute Gasteiger partial charge is 0.234 e. The number of nitrogens with one attached hydrogen (secondary N) is 1. The molecule has 0 saturated carbocycles. The Balaban J connectivity index is 2.45. The van der Waals surface area contributed by atoms with Crippen molar-refractivity contribution in [1.29, 1.82) is 0 Å². The molecule has 5 nitrogen and oxygen atoms in total. The molecule has 0 aliphatic carbocycles. The van der Waals surface area contributed by atoms with Crippen LogP contribution >= 0.6 is 0 Å². The molecule has 21 heavy (non-hydrogen) atoms. The Labute approximate surface area is 126 Å². The molecule has 1 aromatic rings. The molecule has 3 N–H and O–H groups in total. The SMILES string of the molecule is Cc1ccc(CNC(=O)CN(CC(N)=O)CC(C)C)cc1. The molecule has 0 heterocycles. The Morgan fingerprint density at radius 2 is 1.81 bits per heavy atom. The van der Waals surface area contributed by atoms with Crippen LogP contribution in [0.4, 0.5) is 0 Å². The van der Waals surface area contributed by atoms with Crippen molar-refractivity contribution >= 4 is 11.8 Å². The Hall–Kier alpha value is -1.88. The average Bonchev–Trinajstić information content (AvgIpc) is 2.36. The third-order valence-electron chi connectivity index (χ3n) is 2.98. The van der Waals surface area contributed by atoms with E-state index in [2.05, 4.69) is 5.32 Å². The topological polar surface area (TPSA) is 75.4 Å². The van der Waals surface area contributed by atoms with Crippen molar-refractivity contribution in [3.05, 3.63) is 35.4 Å². The molecule has 0 unspecified atom stereocenters. The summed E-state index contributed by atoms with van der Waals surface area (Å²) in [5.74, 6) is -0.145. The van der Waals surface area contributed by atoms with Crippen molar-refractivity contribution in [3.63, 3.8) is 0 Å². The van der Waals surface area contributed by atoms with E-state index in [1.165, 1.54) is 5.56 Å². The second kappa shape index (κ2) is 8.42. The van der Waals surface area contributed by atoms with E-state index in [1.54, 1.807) is 4.90 Å². The van der Waals surface area contributed by atoms with Crippen LogP contribution in [-0.4, -0.2) is 36.3 Å². The summed E-state index contributed by atoms with van der Waals surface area (Å²) < 4.78 is 0. The van der Waals surface area contributed by atoms with Crippen molar-refractivity contribution in [3.8, 4) is 0 Å². The molecule has 5 heteroatoms. The van der Waals surface area contributed by atoms with Crippen LogP contribution < -0.4 is 11.1 Å². The number of aryl methyl sites for hydroxylation is 1. The summed E-state index contributed by atoms with van der Waals surface area (Å²) in [5, 5.41) is 2.86. The van der Waals surface area contributed by atoms with Gasteiger partial charge in [0.25, 0.3) is 0 Å². The van der Waals surface area contributed by atoms with Crippen LogP contribution in [-0.2, 0) is 16.1 Å². The maximum atomic E-state index is 12.0. The van der Waals surface area contributed by atoms with E-state index in [-0.39, 0.29) is 19.0 Å². The molecule has 1 rings (SSSR count). The highest BCUT2D eigenvalue weighted by Crippen LogP contribution is 2.03. The Morgan fingerprint density at radius 1 is 1.19 bits per heavy atom. The van der Waals surface area contributed by atoms with Crippen LogP contribution in [0.5, 0.6) is 0 Å². The fraction of sp³-hybridized carbons (Fsp3) is 0.500. The third-order valence-corrected chi connectivity index (χ3v) is 2.98. The largest absolute Gasteiger partial charge is 0.369 e. The van der Waals surface area contributed by atoms with Crippen LogP contribution in [0.2, 0.25) is 0 Å². The maximum Gasteiger partial charge on any atom is 0.234 e. The predicted molar refractivity (Wildman–Crippen MR) is 83.5 cm³/mol. The molecule has 2 amide bonds. The highest BCUT2D eigenvalue weighted by molar-refractivity contribution is 5.80. The number of carbonyl (C=O) groups is 2. The minimum absolute atomic E-state index is 0.0996. The van der Waals surface area contributed by atoms with E-state index < -0.39 is 5.91 Å². The molecular weight excluding hydrogens is 266 g/mol. The molecule has 1 aromatic carbocycles. The summed E-state index contributed by atoms with van der Waals surface area (Å²) in [4.78, 5) is 24.8. The van der Waals surface area contributed by atoms with Gasteiger partial charge in [0, 0.05) is 13.1 Å². The number of nitrogens with zero attached hydrogens (tertiary/aromatic N) is 1. The van der Waals surface area contributed by atoms with Crippen LogP contribution in [0.15, 0.2) is 24.3 Å². The van der Waals surface area contributed by atoms with E-state index in [9.17, 15) is 9.59 Å². The predicted octanol–water partition coefficient (Wildman–Crippen LogP) is 1.05. The van der Waals surface area contributed by atoms with E-state index in [1.807, 2.05) is 45.0 Å².